The standard InChI is InChI=1S/C13H21NO/c1-10(2)13(14-11(3)9-15)12-7-5-4-6-8-12/h4-8,10-11,13-15H,9H2,1-3H3/t11-,13-/m1/s1. The second-order valence-corrected chi connectivity index (χ2v) is 4.38. The molecular weight excluding hydrogens is 186 g/mol. The van der Waals surface area contributed by atoms with Crippen LogP contribution in [0.15, 0.2) is 30.3 Å². The zero-order valence-corrected chi connectivity index (χ0v) is 9.77. The lowest BCUT2D eigenvalue weighted by Crippen LogP contribution is -2.35. The van der Waals surface area contributed by atoms with Crippen LogP contribution >= 0.6 is 0 Å². The van der Waals surface area contributed by atoms with Gasteiger partial charge in [0.05, 0.1) is 6.61 Å². The van der Waals surface area contributed by atoms with Crippen molar-refractivity contribution < 1.29 is 5.11 Å². The van der Waals surface area contributed by atoms with E-state index in [1.807, 2.05) is 13.0 Å². The fourth-order valence-corrected chi connectivity index (χ4v) is 1.69. The van der Waals surface area contributed by atoms with E-state index in [1.165, 1.54) is 5.56 Å². The monoisotopic (exact) mass is 207 g/mol. The van der Waals surface area contributed by atoms with Gasteiger partial charge in [0.25, 0.3) is 0 Å². The first-order chi connectivity index (χ1) is 7.15. The van der Waals surface area contributed by atoms with Gasteiger partial charge in [0.1, 0.15) is 0 Å². The van der Waals surface area contributed by atoms with E-state index in [2.05, 4.69) is 43.4 Å². The van der Waals surface area contributed by atoms with Crippen molar-refractivity contribution in [2.45, 2.75) is 32.9 Å². The molecular formula is C13H21NO. The van der Waals surface area contributed by atoms with Crippen LogP contribution in [-0.2, 0) is 0 Å². The SMILES string of the molecule is CC(C)[C@@H](N[C@H](C)CO)c1ccccc1. The Bertz CT molecular complexity index is 271. The molecule has 0 bridgehead atoms. The van der Waals surface area contributed by atoms with Crippen molar-refractivity contribution >= 4 is 0 Å². The van der Waals surface area contributed by atoms with Gasteiger partial charge in [-0.05, 0) is 18.4 Å². The minimum absolute atomic E-state index is 0.137. The first-order valence-corrected chi connectivity index (χ1v) is 5.57. The Morgan fingerprint density at radius 2 is 1.73 bits per heavy atom. The van der Waals surface area contributed by atoms with Crippen molar-refractivity contribution in [3.05, 3.63) is 35.9 Å². The van der Waals surface area contributed by atoms with Crippen molar-refractivity contribution in [1.29, 1.82) is 0 Å². The van der Waals surface area contributed by atoms with E-state index in [4.69, 9.17) is 5.11 Å². The molecule has 0 aromatic heterocycles. The highest BCUT2D eigenvalue weighted by Gasteiger charge is 2.16. The molecule has 0 unspecified atom stereocenters. The highest BCUT2D eigenvalue weighted by Crippen LogP contribution is 2.21. The van der Waals surface area contributed by atoms with Crippen molar-refractivity contribution in [2.24, 2.45) is 5.92 Å². The lowest BCUT2D eigenvalue weighted by atomic mass is 9.95. The molecule has 0 radical (unpaired) electrons. The molecule has 0 aliphatic carbocycles. The van der Waals surface area contributed by atoms with Gasteiger partial charge < -0.3 is 10.4 Å². The van der Waals surface area contributed by atoms with Crippen LogP contribution in [0.3, 0.4) is 0 Å². The summed E-state index contributed by atoms with van der Waals surface area (Å²) in [7, 11) is 0. The summed E-state index contributed by atoms with van der Waals surface area (Å²) in [5.74, 6) is 0.515. The van der Waals surface area contributed by atoms with E-state index in [9.17, 15) is 0 Å². The average molecular weight is 207 g/mol. The molecule has 0 amide bonds. The summed E-state index contributed by atoms with van der Waals surface area (Å²) >= 11 is 0. The van der Waals surface area contributed by atoms with Gasteiger partial charge in [0.15, 0.2) is 0 Å². The zero-order chi connectivity index (χ0) is 11.3. The summed E-state index contributed by atoms with van der Waals surface area (Å²) in [6, 6.07) is 10.8. The van der Waals surface area contributed by atoms with Crippen LogP contribution in [0.1, 0.15) is 32.4 Å². The van der Waals surface area contributed by atoms with Crippen molar-refractivity contribution in [3.8, 4) is 0 Å². The fraction of sp³-hybridized carbons (Fsp3) is 0.538. The molecule has 2 N–H and O–H groups in total. The maximum atomic E-state index is 9.05. The fourth-order valence-electron chi connectivity index (χ4n) is 1.69. The summed E-state index contributed by atoms with van der Waals surface area (Å²) in [6.07, 6.45) is 0. The van der Waals surface area contributed by atoms with Gasteiger partial charge in [-0.2, -0.15) is 0 Å². The number of hydrogen-bond acceptors (Lipinski definition) is 2. The predicted octanol–water partition coefficient (Wildman–Crippen LogP) is 2.35. The number of aliphatic hydroxyl groups excluding tert-OH is 1. The summed E-state index contributed by atoms with van der Waals surface area (Å²) in [5, 5.41) is 12.5. The van der Waals surface area contributed by atoms with Crippen LogP contribution in [-0.4, -0.2) is 17.8 Å². The van der Waals surface area contributed by atoms with Gasteiger partial charge in [0.2, 0.25) is 0 Å². The van der Waals surface area contributed by atoms with Gasteiger partial charge >= 0.3 is 0 Å². The second-order valence-electron chi connectivity index (χ2n) is 4.38. The van der Waals surface area contributed by atoms with Crippen LogP contribution in [0.4, 0.5) is 0 Å². The Kier molecular flexibility index (Phi) is 4.79. The summed E-state index contributed by atoms with van der Waals surface area (Å²) < 4.78 is 0. The van der Waals surface area contributed by atoms with Crippen LogP contribution in [0.2, 0.25) is 0 Å². The Hall–Kier alpha value is -0.860. The van der Waals surface area contributed by atoms with Gasteiger partial charge in [-0.3, -0.25) is 0 Å². The first-order valence-electron chi connectivity index (χ1n) is 5.57. The summed E-state index contributed by atoms with van der Waals surface area (Å²) in [6.45, 7) is 6.55. The lowest BCUT2D eigenvalue weighted by Gasteiger charge is -2.26. The largest absolute Gasteiger partial charge is 0.395 e. The third-order valence-corrected chi connectivity index (χ3v) is 2.56. The van der Waals surface area contributed by atoms with E-state index >= 15 is 0 Å². The molecule has 2 nitrogen and oxygen atoms in total. The molecule has 1 aromatic rings. The summed E-state index contributed by atoms with van der Waals surface area (Å²) in [5.41, 5.74) is 1.28. The molecule has 2 atom stereocenters. The molecule has 0 fully saturated rings. The Balaban J connectivity index is 2.75. The second kappa shape index (κ2) is 5.89. The van der Waals surface area contributed by atoms with Gasteiger partial charge in [-0.1, -0.05) is 44.2 Å². The van der Waals surface area contributed by atoms with Crippen molar-refractivity contribution in [1.82, 2.24) is 5.32 Å². The normalized spacial score (nSPS) is 15.3. The van der Waals surface area contributed by atoms with E-state index in [0.717, 1.165) is 0 Å². The highest BCUT2D eigenvalue weighted by molar-refractivity contribution is 5.19. The molecule has 0 aliphatic rings. The van der Waals surface area contributed by atoms with E-state index in [0.29, 0.717) is 12.0 Å². The number of benzene rings is 1. The van der Waals surface area contributed by atoms with E-state index in [-0.39, 0.29) is 12.6 Å². The molecule has 84 valence electrons. The Labute approximate surface area is 92.3 Å². The topological polar surface area (TPSA) is 32.3 Å². The molecule has 0 saturated heterocycles. The quantitative estimate of drug-likeness (QED) is 0.777. The highest BCUT2D eigenvalue weighted by atomic mass is 16.3. The molecule has 0 saturated carbocycles. The number of aliphatic hydroxyl groups is 1. The lowest BCUT2D eigenvalue weighted by molar-refractivity contribution is 0.229. The minimum atomic E-state index is 0.137. The molecule has 15 heavy (non-hydrogen) atoms. The minimum Gasteiger partial charge on any atom is -0.395 e. The predicted molar refractivity (Wildman–Crippen MR) is 63.7 cm³/mol. The Morgan fingerprint density at radius 1 is 1.13 bits per heavy atom. The maximum absolute atomic E-state index is 9.05. The van der Waals surface area contributed by atoms with Crippen LogP contribution < -0.4 is 5.32 Å². The Morgan fingerprint density at radius 3 is 2.20 bits per heavy atom. The van der Waals surface area contributed by atoms with Crippen molar-refractivity contribution in [2.75, 3.05) is 6.61 Å². The van der Waals surface area contributed by atoms with E-state index < -0.39 is 0 Å². The van der Waals surface area contributed by atoms with Gasteiger partial charge in [-0.25, -0.2) is 0 Å². The van der Waals surface area contributed by atoms with Gasteiger partial charge in [0, 0.05) is 12.1 Å². The third kappa shape index (κ3) is 3.65. The number of hydrogen-bond donors (Lipinski definition) is 2. The molecule has 0 aliphatic heterocycles. The van der Waals surface area contributed by atoms with E-state index in [1.54, 1.807) is 0 Å². The van der Waals surface area contributed by atoms with Crippen LogP contribution in [0.25, 0.3) is 0 Å². The first kappa shape index (κ1) is 12.2. The van der Waals surface area contributed by atoms with Gasteiger partial charge in [-0.15, -0.1) is 0 Å². The number of rotatable bonds is 5. The molecule has 1 aromatic carbocycles. The smallest absolute Gasteiger partial charge is 0.0582 e. The van der Waals surface area contributed by atoms with Crippen LogP contribution in [0, 0.1) is 5.92 Å². The molecule has 2 heteroatoms. The third-order valence-electron chi connectivity index (χ3n) is 2.56. The molecule has 1 rings (SSSR count). The zero-order valence-electron chi connectivity index (χ0n) is 9.77. The van der Waals surface area contributed by atoms with Crippen molar-refractivity contribution in [3.63, 3.8) is 0 Å². The average Bonchev–Trinajstić information content (AvgIpc) is 2.26. The van der Waals surface area contributed by atoms with Crippen LogP contribution in [0.5, 0.6) is 0 Å². The molecule has 0 spiro atoms. The molecule has 0 heterocycles. The maximum Gasteiger partial charge on any atom is 0.0582 e. The number of nitrogens with one attached hydrogen (secondary N) is 1. The summed E-state index contributed by atoms with van der Waals surface area (Å²) in [4.78, 5) is 0.